The predicted octanol–water partition coefficient (Wildman–Crippen LogP) is 3.80. The molecule has 0 atom stereocenters. The largest absolute Gasteiger partial charge is 0.507 e. The number of halogens is 2. The van der Waals surface area contributed by atoms with Gasteiger partial charge in [0.05, 0.1) is 12.1 Å². The van der Waals surface area contributed by atoms with Crippen LogP contribution in [0.2, 0.25) is 5.02 Å². The molecular weight excluding hydrogens is 338 g/mol. The molecule has 1 heterocycles. The van der Waals surface area contributed by atoms with Gasteiger partial charge in [0.2, 0.25) is 0 Å². The molecule has 18 heavy (non-hydrogen) atoms. The monoisotopic (exact) mass is 345 g/mol. The highest BCUT2D eigenvalue weighted by molar-refractivity contribution is 9.10. The van der Waals surface area contributed by atoms with Crippen molar-refractivity contribution in [1.82, 2.24) is 5.32 Å². The summed E-state index contributed by atoms with van der Waals surface area (Å²) in [6.07, 6.45) is 0. The highest BCUT2D eigenvalue weighted by Gasteiger charge is 2.11. The molecule has 2 rings (SSSR count). The van der Waals surface area contributed by atoms with E-state index in [9.17, 15) is 9.90 Å². The van der Waals surface area contributed by atoms with E-state index in [1.54, 1.807) is 11.3 Å². The van der Waals surface area contributed by atoms with Gasteiger partial charge in [-0.25, -0.2) is 0 Å². The van der Waals surface area contributed by atoms with Crippen molar-refractivity contribution in [2.75, 3.05) is 0 Å². The number of carbonyl (C=O) groups is 1. The average Bonchev–Trinajstić information content (AvgIpc) is 2.75. The molecule has 0 bridgehead atoms. The summed E-state index contributed by atoms with van der Waals surface area (Å²) < 4.78 is 0.988. The van der Waals surface area contributed by atoms with E-state index in [2.05, 4.69) is 21.2 Å². The van der Waals surface area contributed by atoms with E-state index >= 15 is 0 Å². The summed E-state index contributed by atoms with van der Waals surface area (Å²) >= 11 is 10.7. The number of carbonyl (C=O) groups excluding carboxylic acids is 1. The van der Waals surface area contributed by atoms with Crippen molar-refractivity contribution in [3.8, 4) is 5.75 Å². The van der Waals surface area contributed by atoms with Crippen molar-refractivity contribution in [3.63, 3.8) is 0 Å². The number of phenolic OH excluding ortho intramolecular Hbond substituents is 1. The highest BCUT2D eigenvalue weighted by atomic mass is 79.9. The second-order valence-electron chi connectivity index (χ2n) is 3.58. The molecule has 1 amide bonds. The number of nitrogens with one attached hydrogen (secondary N) is 1. The molecular formula is C12H9BrClNO2S. The van der Waals surface area contributed by atoms with Gasteiger partial charge in [0, 0.05) is 19.8 Å². The first-order valence-electron chi connectivity index (χ1n) is 5.06. The zero-order valence-corrected chi connectivity index (χ0v) is 12.3. The molecule has 0 aliphatic heterocycles. The lowest BCUT2D eigenvalue weighted by molar-refractivity contribution is 0.0948. The summed E-state index contributed by atoms with van der Waals surface area (Å²) in [5.41, 5.74) is 0.179. The zero-order chi connectivity index (χ0) is 13.1. The Morgan fingerprint density at radius 1 is 1.44 bits per heavy atom. The fourth-order valence-electron chi connectivity index (χ4n) is 1.40. The minimum atomic E-state index is -0.348. The van der Waals surface area contributed by atoms with Gasteiger partial charge < -0.3 is 10.4 Å². The summed E-state index contributed by atoms with van der Waals surface area (Å²) in [7, 11) is 0. The van der Waals surface area contributed by atoms with Crippen molar-refractivity contribution in [2.45, 2.75) is 6.54 Å². The van der Waals surface area contributed by atoms with Gasteiger partial charge in [-0.1, -0.05) is 11.6 Å². The summed E-state index contributed by atoms with van der Waals surface area (Å²) in [5.74, 6) is -0.427. The Morgan fingerprint density at radius 3 is 2.89 bits per heavy atom. The number of rotatable bonds is 3. The van der Waals surface area contributed by atoms with E-state index in [1.807, 2.05) is 11.4 Å². The van der Waals surface area contributed by atoms with Crippen molar-refractivity contribution in [3.05, 3.63) is 49.6 Å². The minimum absolute atomic E-state index is 0.0794. The van der Waals surface area contributed by atoms with Gasteiger partial charge in [-0.15, -0.1) is 11.3 Å². The van der Waals surface area contributed by atoms with E-state index in [4.69, 9.17) is 11.6 Å². The van der Waals surface area contributed by atoms with Crippen molar-refractivity contribution in [2.24, 2.45) is 0 Å². The van der Waals surface area contributed by atoms with Gasteiger partial charge >= 0.3 is 0 Å². The van der Waals surface area contributed by atoms with Gasteiger partial charge in [0.1, 0.15) is 5.75 Å². The van der Waals surface area contributed by atoms with Gasteiger partial charge in [0.25, 0.3) is 5.91 Å². The number of phenols is 1. The number of hydrogen-bond donors (Lipinski definition) is 2. The van der Waals surface area contributed by atoms with Crippen molar-refractivity contribution < 1.29 is 9.90 Å². The van der Waals surface area contributed by atoms with Crippen molar-refractivity contribution in [1.29, 1.82) is 0 Å². The Kier molecular flexibility index (Phi) is 4.27. The smallest absolute Gasteiger partial charge is 0.255 e. The Hall–Kier alpha value is -1.04. The first-order chi connectivity index (χ1) is 8.56. The number of benzene rings is 1. The van der Waals surface area contributed by atoms with E-state index in [-0.39, 0.29) is 17.2 Å². The maximum Gasteiger partial charge on any atom is 0.255 e. The molecule has 0 spiro atoms. The minimum Gasteiger partial charge on any atom is -0.507 e. The van der Waals surface area contributed by atoms with Crippen LogP contribution in [0, 0.1) is 0 Å². The summed E-state index contributed by atoms with van der Waals surface area (Å²) in [6.45, 7) is 0.418. The van der Waals surface area contributed by atoms with Crippen LogP contribution in [0.5, 0.6) is 5.75 Å². The normalized spacial score (nSPS) is 10.3. The Bertz CT molecular complexity index is 585. The van der Waals surface area contributed by atoms with Crippen LogP contribution in [-0.4, -0.2) is 11.0 Å². The second-order valence-corrected chi connectivity index (χ2v) is 5.92. The van der Waals surface area contributed by atoms with E-state index in [0.717, 1.165) is 9.35 Å². The molecule has 2 aromatic rings. The molecule has 1 aromatic heterocycles. The van der Waals surface area contributed by atoms with Crippen LogP contribution in [-0.2, 0) is 6.54 Å². The maximum atomic E-state index is 11.9. The van der Waals surface area contributed by atoms with E-state index < -0.39 is 0 Å². The van der Waals surface area contributed by atoms with Gasteiger partial charge in [-0.05, 0) is 40.2 Å². The molecule has 94 valence electrons. The third-order valence-electron chi connectivity index (χ3n) is 2.25. The van der Waals surface area contributed by atoms with Crippen LogP contribution in [0.1, 0.15) is 15.2 Å². The lowest BCUT2D eigenvalue weighted by atomic mass is 10.2. The molecule has 0 saturated heterocycles. The molecule has 1 aromatic carbocycles. The molecule has 0 fully saturated rings. The van der Waals surface area contributed by atoms with Gasteiger partial charge in [0.15, 0.2) is 0 Å². The molecule has 0 saturated carbocycles. The molecule has 0 aliphatic rings. The average molecular weight is 347 g/mol. The van der Waals surface area contributed by atoms with Gasteiger partial charge in [-0.2, -0.15) is 0 Å². The van der Waals surface area contributed by atoms with Crippen LogP contribution in [0.15, 0.2) is 34.1 Å². The second kappa shape index (κ2) is 5.73. The Balaban J connectivity index is 2.05. The fraction of sp³-hybridized carbons (Fsp3) is 0.0833. The summed E-state index contributed by atoms with van der Waals surface area (Å²) in [6, 6.07) is 6.31. The highest BCUT2D eigenvalue weighted by Crippen LogP contribution is 2.22. The summed E-state index contributed by atoms with van der Waals surface area (Å²) in [5, 5.41) is 14.7. The quantitative estimate of drug-likeness (QED) is 0.888. The third-order valence-corrected chi connectivity index (χ3v) is 4.18. The Labute approximate surface area is 122 Å². The van der Waals surface area contributed by atoms with Crippen LogP contribution in [0.4, 0.5) is 0 Å². The molecule has 3 nitrogen and oxygen atoms in total. The standard InChI is InChI=1S/C12H9BrClNO2S/c13-7-3-9(18-6-7)5-15-12(17)10-4-8(14)1-2-11(10)16/h1-4,6,16H,5H2,(H,15,17). The SMILES string of the molecule is O=C(NCc1cc(Br)cs1)c1cc(Cl)ccc1O. The molecule has 0 unspecified atom stereocenters. The van der Waals surface area contributed by atoms with Crippen molar-refractivity contribution >= 4 is 44.8 Å². The lowest BCUT2D eigenvalue weighted by Gasteiger charge is -2.06. The number of amides is 1. The molecule has 0 radical (unpaired) electrons. The van der Waals surface area contributed by atoms with Crippen LogP contribution in [0.25, 0.3) is 0 Å². The maximum absolute atomic E-state index is 11.9. The van der Waals surface area contributed by atoms with E-state index in [1.165, 1.54) is 18.2 Å². The number of thiophene rings is 1. The van der Waals surface area contributed by atoms with Crippen LogP contribution >= 0.6 is 38.9 Å². The first-order valence-corrected chi connectivity index (χ1v) is 7.11. The molecule has 2 N–H and O–H groups in total. The number of aromatic hydroxyl groups is 1. The third kappa shape index (κ3) is 3.25. The van der Waals surface area contributed by atoms with Crippen LogP contribution < -0.4 is 5.32 Å². The molecule has 0 aliphatic carbocycles. The number of hydrogen-bond acceptors (Lipinski definition) is 3. The fourth-order valence-corrected chi connectivity index (χ4v) is 2.96. The van der Waals surface area contributed by atoms with E-state index in [0.29, 0.717) is 11.6 Å². The lowest BCUT2D eigenvalue weighted by Crippen LogP contribution is -2.22. The summed E-state index contributed by atoms with van der Waals surface area (Å²) in [4.78, 5) is 12.9. The predicted molar refractivity (Wildman–Crippen MR) is 76.3 cm³/mol. The van der Waals surface area contributed by atoms with Crippen LogP contribution in [0.3, 0.4) is 0 Å². The molecule has 6 heteroatoms. The topological polar surface area (TPSA) is 49.3 Å². The van der Waals surface area contributed by atoms with Gasteiger partial charge in [-0.3, -0.25) is 4.79 Å². The Morgan fingerprint density at radius 2 is 2.22 bits per heavy atom. The zero-order valence-electron chi connectivity index (χ0n) is 9.11. The first kappa shape index (κ1) is 13.4.